The van der Waals surface area contributed by atoms with Crippen molar-refractivity contribution in [2.45, 2.75) is 17.7 Å². The summed E-state index contributed by atoms with van der Waals surface area (Å²) in [5.74, 6) is 0. The van der Waals surface area contributed by atoms with E-state index >= 15 is 0 Å². The molecule has 0 heterocycles. The molecule has 3 aromatic rings. The monoisotopic (exact) mass is 368 g/mol. The Balaban J connectivity index is 2.12. The molecule has 1 atom stereocenters. The van der Waals surface area contributed by atoms with Gasteiger partial charge < -0.3 is 4.79 Å². The van der Waals surface area contributed by atoms with Crippen LogP contribution < -0.4 is 0 Å². The molecule has 3 heteroatoms. The van der Waals surface area contributed by atoms with E-state index in [4.69, 9.17) is 23.2 Å². The van der Waals surface area contributed by atoms with Crippen LogP contribution in [0.25, 0.3) is 0 Å². The summed E-state index contributed by atoms with van der Waals surface area (Å²) >= 11 is 13.7. The maximum absolute atomic E-state index is 10.6. The number of aldehydes is 1. The van der Waals surface area contributed by atoms with Crippen molar-refractivity contribution in [1.29, 1.82) is 0 Å². The second kappa shape index (κ2) is 7.86. The van der Waals surface area contributed by atoms with Crippen molar-refractivity contribution in [1.82, 2.24) is 0 Å². The molecular weight excluding hydrogens is 351 g/mol. The molecule has 0 radical (unpaired) electrons. The normalized spacial score (nSPS) is 13.2. The van der Waals surface area contributed by atoms with Crippen LogP contribution in [0, 0.1) is 0 Å². The topological polar surface area (TPSA) is 17.1 Å². The lowest BCUT2D eigenvalue weighted by Crippen LogP contribution is -2.22. The smallest absolute Gasteiger partial charge is 0.121 e. The van der Waals surface area contributed by atoms with Gasteiger partial charge >= 0.3 is 0 Å². The third kappa shape index (κ3) is 3.63. The summed E-state index contributed by atoms with van der Waals surface area (Å²) in [4.78, 5) is 9.70. The highest BCUT2D eigenvalue weighted by Gasteiger charge is 2.35. The first kappa shape index (κ1) is 17.7. The average Bonchev–Trinajstić information content (AvgIpc) is 2.67. The SMILES string of the molecule is O=CCCc1ccc(C(Cl)(c2ccccc2)c2ccccc2Cl)cc1. The number of rotatable bonds is 6. The molecule has 0 aromatic heterocycles. The summed E-state index contributed by atoms with van der Waals surface area (Å²) in [6, 6.07) is 25.7. The van der Waals surface area contributed by atoms with Gasteiger partial charge in [-0.1, -0.05) is 84.4 Å². The van der Waals surface area contributed by atoms with Gasteiger partial charge in [0.1, 0.15) is 11.2 Å². The standard InChI is InChI=1S/C22H18Cl2O/c23-21-11-5-4-10-20(21)22(24,18-8-2-1-3-9-18)19-14-12-17(13-15-19)7-6-16-25/h1-5,8-16H,6-7H2. The van der Waals surface area contributed by atoms with Crippen molar-refractivity contribution in [2.24, 2.45) is 0 Å². The number of hydrogen-bond donors (Lipinski definition) is 0. The third-order valence-corrected chi connectivity index (χ3v) is 5.29. The van der Waals surface area contributed by atoms with Gasteiger partial charge in [0.2, 0.25) is 0 Å². The van der Waals surface area contributed by atoms with Gasteiger partial charge in [0.15, 0.2) is 0 Å². The fourth-order valence-electron chi connectivity index (χ4n) is 3.01. The highest BCUT2D eigenvalue weighted by molar-refractivity contribution is 6.34. The highest BCUT2D eigenvalue weighted by atomic mass is 35.5. The number of aryl methyl sites for hydroxylation is 1. The number of alkyl halides is 1. The largest absolute Gasteiger partial charge is 0.303 e. The van der Waals surface area contributed by atoms with Crippen LogP contribution in [0.15, 0.2) is 78.9 Å². The van der Waals surface area contributed by atoms with Crippen LogP contribution in [0.5, 0.6) is 0 Å². The van der Waals surface area contributed by atoms with E-state index in [1.165, 1.54) is 0 Å². The van der Waals surface area contributed by atoms with E-state index in [2.05, 4.69) is 0 Å². The molecule has 0 bridgehead atoms. The quantitative estimate of drug-likeness (QED) is 0.296. The fraction of sp³-hybridized carbons (Fsp3) is 0.136. The lowest BCUT2D eigenvalue weighted by molar-refractivity contribution is -0.107. The Kier molecular flexibility index (Phi) is 5.57. The van der Waals surface area contributed by atoms with Gasteiger partial charge in [-0.2, -0.15) is 0 Å². The molecule has 25 heavy (non-hydrogen) atoms. The second-order valence-electron chi connectivity index (χ2n) is 5.91. The van der Waals surface area contributed by atoms with Gasteiger partial charge in [0, 0.05) is 17.0 Å². The van der Waals surface area contributed by atoms with Crippen LogP contribution >= 0.6 is 23.2 Å². The molecule has 0 fully saturated rings. The van der Waals surface area contributed by atoms with Gasteiger partial charge in [0.05, 0.1) is 0 Å². The van der Waals surface area contributed by atoms with Crippen molar-refractivity contribution in [3.63, 3.8) is 0 Å². The van der Waals surface area contributed by atoms with Crippen molar-refractivity contribution < 1.29 is 4.79 Å². The van der Waals surface area contributed by atoms with Crippen molar-refractivity contribution in [3.05, 3.63) is 106 Å². The molecule has 1 nitrogen and oxygen atoms in total. The van der Waals surface area contributed by atoms with E-state index < -0.39 is 4.87 Å². The summed E-state index contributed by atoms with van der Waals surface area (Å²) < 4.78 is 0. The number of benzene rings is 3. The number of carbonyl (C=O) groups is 1. The molecule has 0 aliphatic carbocycles. The zero-order valence-electron chi connectivity index (χ0n) is 13.7. The number of halogens is 2. The van der Waals surface area contributed by atoms with Crippen LogP contribution in [-0.2, 0) is 16.1 Å². The van der Waals surface area contributed by atoms with Crippen molar-refractivity contribution in [3.8, 4) is 0 Å². The first-order valence-electron chi connectivity index (χ1n) is 8.18. The van der Waals surface area contributed by atoms with E-state index in [0.717, 1.165) is 35.0 Å². The summed E-state index contributed by atoms with van der Waals surface area (Å²) in [5.41, 5.74) is 3.88. The molecule has 126 valence electrons. The predicted octanol–water partition coefficient (Wildman–Crippen LogP) is 6.00. The Morgan fingerprint density at radius 2 is 1.40 bits per heavy atom. The Morgan fingerprint density at radius 1 is 0.800 bits per heavy atom. The van der Waals surface area contributed by atoms with E-state index in [1.54, 1.807) is 0 Å². The molecule has 0 saturated carbocycles. The molecule has 3 aromatic carbocycles. The Bertz CT molecular complexity index is 843. The minimum absolute atomic E-state index is 0.522. The molecule has 0 aliphatic heterocycles. The molecular formula is C22H18Cl2O. The van der Waals surface area contributed by atoms with Crippen LogP contribution in [0.3, 0.4) is 0 Å². The van der Waals surface area contributed by atoms with Crippen molar-refractivity contribution >= 4 is 29.5 Å². The lowest BCUT2D eigenvalue weighted by atomic mass is 9.83. The maximum Gasteiger partial charge on any atom is 0.121 e. The Hall–Kier alpha value is -2.09. The fourth-order valence-corrected chi connectivity index (χ4v) is 3.76. The molecule has 0 saturated heterocycles. The second-order valence-corrected chi connectivity index (χ2v) is 6.88. The summed E-state index contributed by atoms with van der Waals surface area (Å²) in [6.07, 6.45) is 2.19. The van der Waals surface area contributed by atoms with Crippen LogP contribution in [0.4, 0.5) is 0 Å². The van der Waals surface area contributed by atoms with Gasteiger partial charge in [0.25, 0.3) is 0 Å². The van der Waals surface area contributed by atoms with Crippen LogP contribution in [-0.4, -0.2) is 6.29 Å². The molecule has 3 rings (SSSR count). The third-order valence-electron chi connectivity index (χ3n) is 4.32. The summed E-state index contributed by atoms with van der Waals surface area (Å²) in [7, 11) is 0. The molecule has 0 amide bonds. The van der Waals surface area contributed by atoms with Gasteiger partial charge in [-0.05, 0) is 29.2 Å². The van der Waals surface area contributed by atoms with Crippen LogP contribution in [0.2, 0.25) is 5.02 Å². The van der Waals surface area contributed by atoms with Gasteiger partial charge in [-0.15, -0.1) is 11.6 Å². The first-order valence-corrected chi connectivity index (χ1v) is 8.94. The average molecular weight is 369 g/mol. The molecule has 0 N–H and O–H groups in total. The molecule has 1 unspecified atom stereocenters. The minimum Gasteiger partial charge on any atom is -0.303 e. The van der Waals surface area contributed by atoms with Crippen molar-refractivity contribution in [2.75, 3.05) is 0 Å². The van der Waals surface area contributed by atoms with Gasteiger partial charge in [-0.3, -0.25) is 0 Å². The number of carbonyl (C=O) groups excluding carboxylic acids is 1. The summed E-state index contributed by atoms with van der Waals surface area (Å²) in [6.45, 7) is 0. The van der Waals surface area contributed by atoms with E-state index in [-0.39, 0.29) is 0 Å². The Morgan fingerprint density at radius 3 is 2.04 bits per heavy atom. The zero-order chi connectivity index (χ0) is 17.7. The highest BCUT2D eigenvalue weighted by Crippen LogP contribution is 2.45. The lowest BCUT2D eigenvalue weighted by Gasteiger charge is -2.30. The zero-order valence-corrected chi connectivity index (χ0v) is 15.2. The maximum atomic E-state index is 10.6. The minimum atomic E-state index is -0.872. The number of hydrogen-bond acceptors (Lipinski definition) is 1. The molecule has 0 spiro atoms. The Labute approximate surface area is 158 Å². The van der Waals surface area contributed by atoms with E-state index in [0.29, 0.717) is 11.4 Å². The first-order chi connectivity index (χ1) is 12.2. The van der Waals surface area contributed by atoms with E-state index in [1.807, 2.05) is 78.9 Å². The molecule has 0 aliphatic rings. The van der Waals surface area contributed by atoms with E-state index in [9.17, 15) is 4.79 Å². The predicted molar refractivity (Wildman–Crippen MR) is 104 cm³/mol. The van der Waals surface area contributed by atoms with Gasteiger partial charge in [-0.25, -0.2) is 0 Å². The van der Waals surface area contributed by atoms with Crippen LogP contribution in [0.1, 0.15) is 28.7 Å². The summed E-state index contributed by atoms with van der Waals surface area (Å²) in [5, 5.41) is 0.631.